The van der Waals surface area contributed by atoms with Crippen LogP contribution in [0.5, 0.6) is 0 Å². The summed E-state index contributed by atoms with van der Waals surface area (Å²) in [6.45, 7) is 4.99. The molecule has 0 aliphatic heterocycles. The first kappa shape index (κ1) is 16.5. The maximum absolute atomic E-state index is 12.4. The van der Waals surface area contributed by atoms with E-state index < -0.39 is 0 Å². The molecule has 1 N–H and O–H groups in total. The quantitative estimate of drug-likeness (QED) is 0.737. The van der Waals surface area contributed by atoms with Crippen LogP contribution in [0.3, 0.4) is 0 Å². The van der Waals surface area contributed by atoms with Gasteiger partial charge in [0.05, 0.1) is 17.5 Å². The van der Waals surface area contributed by atoms with Crippen molar-refractivity contribution < 1.29 is 4.79 Å². The van der Waals surface area contributed by atoms with Crippen molar-refractivity contribution in [3.8, 4) is 0 Å². The molecule has 1 heterocycles. The number of amides is 1. The van der Waals surface area contributed by atoms with Crippen molar-refractivity contribution in [3.05, 3.63) is 58.6 Å². The van der Waals surface area contributed by atoms with E-state index in [1.165, 1.54) is 5.56 Å². The molecule has 5 heteroatoms. The first-order valence-electron chi connectivity index (χ1n) is 8.08. The van der Waals surface area contributed by atoms with Gasteiger partial charge in [0, 0.05) is 11.6 Å². The number of aryl methyl sites for hydroxylation is 2. The molecule has 1 aromatic heterocycles. The molecule has 0 saturated carbocycles. The highest BCUT2D eigenvalue weighted by Gasteiger charge is 2.13. The third-order valence-corrected chi connectivity index (χ3v) is 4.13. The number of imidazole rings is 1. The molecule has 0 aliphatic carbocycles. The first-order valence-corrected chi connectivity index (χ1v) is 8.46. The van der Waals surface area contributed by atoms with Crippen LogP contribution in [0.4, 0.5) is 5.95 Å². The molecule has 4 nitrogen and oxygen atoms in total. The molecule has 2 aromatic carbocycles. The summed E-state index contributed by atoms with van der Waals surface area (Å²) < 4.78 is 2.07. The van der Waals surface area contributed by atoms with Gasteiger partial charge in [-0.15, -0.1) is 0 Å². The van der Waals surface area contributed by atoms with E-state index >= 15 is 0 Å². The monoisotopic (exact) mass is 341 g/mol. The van der Waals surface area contributed by atoms with Crippen molar-refractivity contribution in [1.29, 1.82) is 0 Å². The van der Waals surface area contributed by atoms with E-state index in [2.05, 4.69) is 34.8 Å². The number of rotatable bonds is 5. The zero-order valence-electron chi connectivity index (χ0n) is 13.8. The summed E-state index contributed by atoms with van der Waals surface area (Å²) in [7, 11) is 0. The Morgan fingerprint density at radius 1 is 1.21 bits per heavy atom. The molecule has 24 heavy (non-hydrogen) atoms. The molecule has 0 spiro atoms. The van der Waals surface area contributed by atoms with E-state index in [4.69, 9.17) is 11.6 Å². The van der Waals surface area contributed by atoms with Gasteiger partial charge in [-0.25, -0.2) is 4.98 Å². The summed E-state index contributed by atoms with van der Waals surface area (Å²) >= 11 is 5.88. The molecule has 0 saturated heterocycles. The average molecular weight is 342 g/mol. The fourth-order valence-corrected chi connectivity index (χ4v) is 2.86. The van der Waals surface area contributed by atoms with Crippen LogP contribution in [0.1, 0.15) is 24.5 Å². The minimum Gasteiger partial charge on any atom is -0.310 e. The Bertz CT molecular complexity index is 868. The highest BCUT2D eigenvalue weighted by atomic mass is 35.5. The van der Waals surface area contributed by atoms with E-state index in [1.54, 1.807) is 12.1 Å². The molecule has 0 unspecified atom stereocenters. The fraction of sp³-hybridized carbons (Fsp3) is 0.263. The number of fused-ring (bicyclic) bond motifs is 1. The van der Waals surface area contributed by atoms with Gasteiger partial charge in [0.25, 0.3) is 0 Å². The standard InChI is InChI=1S/C19H20ClN3O/c1-3-10-23-17-11-13(2)4-9-16(17)21-19(23)22-18(24)12-14-5-7-15(20)8-6-14/h4-9,11H,3,10,12H2,1-2H3,(H,21,22,24). The highest BCUT2D eigenvalue weighted by Crippen LogP contribution is 2.22. The average Bonchev–Trinajstić information content (AvgIpc) is 2.87. The summed E-state index contributed by atoms with van der Waals surface area (Å²) in [6, 6.07) is 13.4. The Morgan fingerprint density at radius 2 is 1.96 bits per heavy atom. The fourth-order valence-electron chi connectivity index (χ4n) is 2.73. The SMILES string of the molecule is CCCn1c(NC(=O)Cc2ccc(Cl)cc2)nc2ccc(C)cc21. The predicted octanol–water partition coefficient (Wildman–Crippen LogP) is 4.59. The van der Waals surface area contributed by atoms with Gasteiger partial charge in [0.15, 0.2) is 0 Å². The van der Waals surface area contributed by atoms with Crippen LogP contribution in [-0.4, -0.2) is 15.5 Å². The van der Waals surface area contributed by atoms with E-state index in [0.29, 0.717) is 17.4 Å². The number of carbonyl (C=O) groups is 1. The predicted molar refractivity (Wildman–Crippen MR) is 98.5 cm³/mol. The summed E-state index contributed by atoms with van der Waals surface area (Å²) in [4.78, 5) is 16.9. The van der Waals surface area contributed by atoms with Crippen molar-refractivity contribution in [2.45, 2.75) is 33.2 Å². The van der Waals surface area contributed by atoms with Crippen LogP contribution in [0, 0.1) is 6.92 Å². The van der Waals surface area contributed by atoms with Crippen LogP contribution >= 0.6 is 11.6 Å². The molecule has 0 atom stereocenters. The molecule has 0 aliphatic rings. The van der Waals surface area contributed by atoms with Gasteiger partial charge in [0.2, 0.25) is 11.9 Å². The number of carbonyl (C=O) groups excluding carboxylic acids is 1. The zero-order chi connectivity index (χ0) is 17.1. The molecule has 0 radical (unpaired) electrons. The maximum atomic E-state index is 12.4. The largest absolute Gasteiger partial charge is 0.310 e. The van der Waals surface area contributed by atoms with E-state index in [-0.39, 0.29) is 5.91 Å². The third-order valence-electron chi connectivity index (χ3n) is 3.88. The molecule has 3 aromatic rings. The number of benzene rings is 2. The van der Waals surface area contributed by atoms with Crippen molar-refractivity contribution >= 4 is 34.5 Å². The smallest absolute Gasteiger partial charge is 0.231 e. The number of nitrogens with zero attached hydrogens (tertiary/aromatic N) is 2. The molecule has 0 bridgehead atoms. The number of halogens is 1. The lowest BCUT2D eigenvalue weighted by Crippen LogP contribution is -2.18. The Kier molecular flexibility index (Phi) is 4.86. The van der Waals surface area contributed by atoms with Gasteiger partial charge < -0.3 is 4.57 Å². The van der Waals surface area contributed by atoms with E-state index in [1.807, 2.05) is 24.3 Å². The number of nitrogens with one attached hydrogen (secondary N) is 1. The molecule has 124 valence electrons. The summed E-state index contributed by atoms with van der Waals surface area (Å²) in [5, 5.41) is 3.61. The highest BCUT2D eigenvalue weighted by molar-refractivity contribution is 6.30. The topological polar surface area (TPSA) is 46.9 Å². The van der Waals surface area contributed by atoms with Gasteiger partial charge in [-0.3, -0.25) is 10.1 Å². The lowest BCUT2D eigenvalue weighted by Gasteiger charge is -2.09. The number of hydrogen-bond donors (Lipinski definition) is 1. The van der Waals surface area contributed by atoms with Crippen LogP contribution in [0.25, 0.3) is 11.0 Å². The second kappa shape index (κ2) is 7.05. The summed E-state index contributed by atoms with van der Waals surface area (Å²) in [5.74, 6) is 0.526. The molecular formula is C19H20ClN3O. The lowest BCUT2D eigenvalue weighted by atomic mass is 10.1. The van der Waals surface area contributed by atoms with Crippen LogP contribution in [0.2, 0.25) is 5.02 Å². The molecular weight excluding hydrogens is 322 g/mol. The van der Waals surface area contributed by atoms with Crippen molar-refractivity contribution in [2.24, 2.45) is 0 Å². The van der Waals surface area contributed by atoms with Crippen molar-refractivity contribution in [3.63, 3.8) is 0 Å². The van der Waals surface area contributed by atoms with Crippen LogP contribution in [-0.2, 0) is 17.8 Å². The number of anilines is 1. The Morgan fingerprint density at radius 3 is 2.67 bits per heavy atom. The van der Waals surface area contributed by atoms with E-state index in [0.717, 1.165) is 29.6 Å². The molecule has 0 fully saturated rings. The molecule has 3 rings (SSSR count). The van der Waals surface area contributed by atoms with Gasteiger partial charge in [0.1, 0.15) is 0 Å². The van der Waals surface area contributed by atoms with Crippen molar-refractivity contribution in [1.82, 2.24) is 9.55 Å². The van der Waals surface area contributed by atoms with E-state index in [9.17, 15) is 4.79 Å². The lowest BCUT2D eigenvalue weighted by molar-refractivity contribution is -0.115. The maximum Gasteiger partial charge on any atom is 0.231 e. The number of hydrogen-bond acceptors (Lipinski definition) is 2. The van der Waals surface area contributed by atoms with Gasteiger partial charge in [-0.1, -0.05) is 36.7 Å². The Hall–Kier alpha value is -2.33. The van der Waals surface area contributed by atoms with Crippen LogP contribution < -0.4 is 5.32 Å². The first-order chi connectivity index (χ1) is 11.6. The second-order valence-electron chi connectivity index (χ2n) is 5.93. The normalized spacial score (nSPS) is 11.0. The summed E-state index contributed by atoms with van der Waals surface area (Å²) in [5.41, 5.74) is 4.05. The Labute approximate surface area is 146 Å². The minimum absolute atomic E-state index is 0.0818. The zero-order valence-corrected chi connectivity index (χ0v) is 14.6. The molecule has 1 amide bonds. The van der Waals surface area contributed by atoms with Gasteiger partial charge in [-0.2, -0.15) is 0 Å². The van der Waals surface area contributed by atoms with Crippen LogP contribution in [0.15, 0.2) is 42.5 Å². The minimum atomic E-state index is -0.0818. The third kappa shape index (κ3) is 3.60. The number of aromatic nitrogens is 2. The van der Waals surface area contributed by atoms with Gasteiger partial charge >= 0.3 is 0 Å². The Balaban J connectivity index is 1.84. The van der Waals surface area contributed by atoms with Gasteiger partial charge in [-0.05, 0) is 48.7 Å². The summed E-state index contributed by atoms with van der Waals surface area (Å²) in [6.07, 6.45) is 1.27. The second-order valence-corrected chi connectivity index (χ2v) is 6.37. The van der Waals surface area contributed by atoms with Crippen molar-refractivity contribution in [2.75, 3.05) is 5.32 Å².